The van der Waals surface area contributed by atoms with Crippen molar-refractivity contribution < 1.29 is 20.1 Å². The quantitative estimate of drug-likeness (QED) is 0.678. The number of aliphatic hydroxyl groups is 1. The number of carboxylic acid groups (broad SMARTS) is 1. The van der Waals surface area contributed by atoms with E-state index in [0.29, 0.717) is 33.4 Å². The third kappa shape index (κ3) is 2.81. The molecule has 1 atom stereocenters. The highest BCUT2D eigenvalue weighted by Crippen LogP contribution is 2.36. The van der Waals surface area contributed by atoms with Crippen molar-refractivity contribution in [2.24, 2.45) is 0 Å². The van der Waals surface area contributed by atoms with Gasteiger partial charge >= 0.3 is 5.97 Å². The molecule has 7 nitrogen and oxygen atoms in total. The number of carbonyl (C=O) groups is 1. The summed E-state index contributed by atoms with van der Waals surface area (Å²) in [5.74, 6) is -0.382. The lowest BCUT2D eigenvalue weighted by Crippen LogP contribution is -2.07. The van der Waals surface area contributed by atoms with Crippen LogP contribution in [-0.2, 0) is 11.3 Å². The lowest BCUT2D eigenvalue weighted by molar-refractivity contribution is -0.137. The van der Waals surface area contributed by atoms with E-state index in [2.05, 4.69) is 9.97 Å². The van der Waals surface area contributed by atoms with Gasteiger partial charge in [-0.2, -0.15) is 0 Å². The van der Waals surface area contributed by atoms with E-state index in [9.17, 15) is 15.0 Å². The van der Waals surface area contributed by atoms with Crippen molar-refractivity contribution in [2.45, 2.75) is 26.5 Å². The van der Waals surface area contributed by atoms with Crippen LogP contribution in [0.25, 0.3) is 22.0 Å². The van der Waals surface area contributed by atoms with Crippen LogP contribution >= 0.6 is 0 Å². The van der Waals surface area contributed by atoms with Crippen molar-refractivity contribution in [3.63, 3.8) is 0 Å². The molecule has 0 aliphatic rings. The summed E-state index contributed by atoms with van der Waals surface area (Å²) in [5, 5.41) is 30.1. The maximum atomic E-state index is 11.0. The van der Waals surface area contributed by atoms with Gasteiger partial charge in [-0.1, -0.05) is 0 Å². The SMILES string of the molecule is Cc1ncc(-c2cc3c(C(C)O)cn(CC(=O)O)c3cc2O)cn1. The number of aliphatic carboxylic acids is 1. The number of hydrogen-bond donors (Lipinski definition) is 3. The number of nitrogens with zero attached hydrogens (tertiary/aromatic N) is 3. The minimum Gasteiger partial charge on any atom is -0.507 e. The standard InChI is InChI=1S/C17H17N3O4/c1-9(21)14-7-20(8-17(23)24)15-4-16(22)12(3-13(14)15)11-5-18-10(2)19-6-11/h3-7,9,21-22H,8H2,1-2H3,(H,23,24). The van der Waals surface area contributed by atoms with E-state index in [-0.39, 0.29) is 12.3 Å². The molecule has 0 spiro atoms. The zero-order chi connectivity index (χ0) is 17.4. The van der Waals surface area contributed by atoms with Gasteiger partial charge < -0.3 is 19.9 Å². The number of hydrogen-bond acceptors (Lipinski definition) is 5. The van der Waals surface area contributed by atoms with Gasteiger partial charge in [-0.3, -0.25) is 4.79 Å². The van der Waals surface area contributed by atoms with Crippen LogP contribution < -0.4 is 0 Å². The molecule has 2 aromatic heterocycles. The number of phenols is 1. The van der Waals surface area contributed by atoms with Gasteiger partial charge in [-0.15, -0.1) is 0 Å². The number of rotatable bonds is 4. The highest BCUT2D eigenvalue weighted by Gasteiger charge is 2.17. The van der Waals surface area contributed by atoms with Gasteiger partial charge in [0.15, 0.2) is 0 Å². The second-order valence-corrected chi connectivity index (χ2v) is 5.69. The number of aromatic hydroxyl groups is 1. The van der Waals surface area contributed by atoms with E-state index < -0.39 is 12.1 Å². The Morgan fingerprint density at radius 1 is 1.29 bits per heavy atom. The third-order valence-electron chi connectivity index (χ3n) is 3.88. The first-order valence-corrected chi connectivity index (χ1v) is 7.41. The van der Waals surface area contributed by atoms with Gasteiger partial charge in [-0.25, -0.2) is 9.97 Å². The number of aryl methyl sites for hydroxylation is 1. The van der Waals surface area contributed by atoms with E-state index in [4.69, 9.17) is 5.11 Å². The summed E-state index contributed by atoms with van der Waals surface area (Å²) in [6, 6.07) is 3.22. The molecule has 0 bridgehead atoms. The first-order chi connectivity index (χ1) is 11.4. The van der Waals surface area contributed by atoms with E-state index >= 15 is 0 Å². The second kappa shape index (κ2) is 5.93. The summed E-state index contributed by atoms with van der Waals surface area (Å²) in [6.45, 7) is 3.13. The van der Waals surface area contributed by atoms with E-state index in [1.807, 2.05) is 0 Å². The molecule has 0 amide bonds. The highest BCUT2D eigenvalue weighted by atomic mass is 16.4. The van der Waals surface area contributed by atoms with Crippen LogP contribution in [0.15, 0.2) is 30.7 Å². The summed E-state index contributed by atoms with van der Waals surface area (Å²) in [4.78, 5) is 19.3. The first kappa shape index (κ1) is 15.9. The van der Waals surface area contributed by atoms with Crippen LogP contribution in [0.2, 0.25) is 0 Å². The zero-order valence-electron chi connectivity index (χ0n) is 13.3. The molecule has 1 aromatic carbocycles. The number of phenolic OH excluding ortho intramolecular Hbond substituents is 1. The predicted molar refractivity (Wildman–Crippen MR) is 87.6 cm³/mol. The molecule has 3 aromatic rings. The zero-order valence-corrected chi connectivity index (χ0v) is 13.3. The normalized spacial score (nSPS) is 12.5. The number of fused-ring (bicyclic) bond motifs is 1. The lowest BCUT2D eigenvalue weighted by Gasteiger charge is -2.08. The Labute approximate surface area is 137 Å². The van der Waals surface area contributed by atoms with Crippen molar-refractivity contribution in [1.82, 2.24) is 14.5 Å². The summed E-state index contributed by atoms with van der Waals surface area (Å²) in [7, 11) is 0. The minimum atomic E-state index is -1.00. The molecule has 3 rings (SSSR count). The Kier molecular flexibility index (Phi) is 3.94. The van der Waals surface area contributed by atoms with Crippen molar-refractivity contribution in [1.29, 1.82) is 0 Å². The molecular weight excluding hydrogens is 310 g/mol. The molecule has 0 aliphatic carbocycles. The molecule has 0 saturated heterocycles. The van der Waals surface area contributed by atoms with Crippen LogP contribution in [-0.4, -0.2) is 35.8 Å². The van der Waals surface area contributed by atoms with Gasteiger partial charge in [0, 0.05) is 46.7 Å². The summed E-state index contributed by atoms with van der Waals surface area (Å²) >= 11 is 0. The minimum absolute atomic E-state index is 0.00293. The van der Waals surface area contributed by atoms with Gasteiger partial charge in [0.2, 0.25) is 0 Å². The molecule has 0 saturated carbocycles. The average Bonchev–Trinajstić information content (AvgIpc) is 2.85. The van der Waals surface area contributed by atoms with Crippen molar-refractivity contribution in [3.8, 4) is 16.9 Å². The van der Waals surface area contributed by atoms with Gasteiger partial charge in [0.1, 0.15) is 18.1 Å². The maximum absolute atomic E-state index is 11.0. The number of aliphatic hydroxyl groups excluding tert-OH is 1. The van der Waals surface area contributed by atoms with Gasteiger partial charge in [-0.05, 0) is 19.9 Å². The topological polar surface area (TPSA) is 108 Å². The van der Waals surface area contributed by atoms with Crippen LogP contribution in [0.3, 0.4) is 0 Å². The average molecular weight is 327 g/mol. The fourth-order valence-corrected chi connectivity index (χ4v) is 2.73. The Morgan fingerprint density at radius 3 is 2.54 bits per heavy atom. The summed E-state index contributed by atoms with van der Waals surface area (Å²) in [6.07, 6.45) is 4.05. The summed E-state index contributed by atoms with van der Waals surface area (Å²) < 4.78 is 1.49. The molecule has 124 valence electrons. The first-order valence-electron chi connectivity index (χ1n) is 7.41. The Balaban J connectivity index is 2.23. The molecule has 7 heteroatoms. The molecule has 0 aliphatic heterocycles. The highest BCUT2D eigenvalue weighted by molar-refractivity contribution is 5.92. The Bertz CT molecular complexity index is 914. The fourth-order valence-electron chi connectivity index (χ4n) is 2.73. The second-order valence-electron chi connectivity index (χ2n) is 5.69. The monoisotopic (exact) mass is 327 g/mol. The van der Waals surface area contributed by atoms with Crippen molar-refractivity contribution in [2.75, 3.05) is 0 Å². The Morgan fingerprint density at radius 2 is 1.96 bits per heavy atom. The molecule has 0 radical (unpaired) electrons. The number of benzene rings is 1. The molecule has 24 heavy (non-hydrogen) atoms. The van der Waals surface area contributed by atoms with Crippen LogP contribution in [0.5, 0.6) is 5.75 Å². The fraction of sp³-hybridized carbons (Fsp3) is 0.235. The molecule has 2 heterocycles. The third-order valence-corrected chi connectivity index (χ3v) is 3.88. The summed E-state index contributed by atoms with van der Waals surface area (Å²) in [5.41, 5.74) is 2.31. The van der Waals surface area contributed by atoms with Gasteiger partial charge in [0.25, 0.3) is 0 Å². The number of carboxylic acids is 1. The van der Waals surface area contributed by atoms with E-state index in [0.717, 1.165) is 0 Å². The number of aromatic nitrogens is 3. The van der Waals surface area contributed by atoms with Crippen molar-refractivity contribution >= 4 is 16.9 Å². The van der Waals surface area contributed by atoms with Crippen molar-refractivity contribution in [3.05, 3.63) is 42.1 Å². The van der Waals surface area contributed by atoms with Crippen LogP contribution in [0, 0.1) is 6.92 Å². The molecule has 0 fully saturated rings. The maximum Gasteiger partial charge on any atom is 0.323 e. The van der Waals surface area contributed by atoms with Gasteiger partial charge in [0.05, 0.1) is 11.6 Å². The van der Waals surface area contributed by atoms with E-state index in [1.165, 1.54) is 10.6 Å². The lowest BCUT2D eigenvalue weighted by atomic mass is 10.0. The Hall–Kier alpha value is -2.93. The molecular formula is C17H17N3O4. The van der Waals surface area contributed by atoms with Crippen LogP contribution in [0.4, 0.5) is 0 Å². The smallest absolute Gasteiger partial charge is 0.323 e. The van der Waals surface area contributed by atoms with E-state index in [1.54, 1.807) is 38.5 Å². The predicted octanol–water partition coefficient (Wildman–Crippen LogP) is 2.25. The molecule has 3 N–H and O–H groups in total. The molecule has 1 unspecified atom stereocenters. The largest absolute Gasteiger partial charge is 0.507 e. The van der Waals surface area contributed by atoms with Crippen LogP contribution in [0.1, 0.15) is 24.4 Å².